The summed E-state index contributed by atoms with van der Waals surface area (Å²) in [6, 6.07) is 4.76. The minimum Gasteiger partial charge on any atom is -0.496 e. The molecule has 1 aliphatic heterocycles. The first-order chi connectivity index (χ1) is 9.74. The molecular formula is C14H17FN4O. The summed E-state index contributed by atoms with van der Waals surface area (Å²) < 4.78 is 21.3. The summed E-state index contributed by atoms with van der Waals surface area (Å²) in [7, 11) is 1.52. The maximum atomic E-state index is 14.1. The number of benzene rings is 1. The van der Waals surface area contributed by atoms with Crippen LogP contribution in [0.2, 0.25) is 0 Å². The van der Waals surface area contributed by atoms with E-state index in [1.165, 1.54) is 13.2 Å². The van der Waals surface area contributed by atoms with Crippen LogP contribution < -0.4 is 10.5 Å². The molecule has 0 fully saturated rings. The highest BCUT2D eigenvalue weighted by molar-refractivity contribution is 5.65. The zero-order chi connectivity index (χ0) is 14.1. The van der Waals surface area contributed by atoms with E-state index in [1.807, 2.05) is 4.57 Å². The predicted octanol–water partition coefficient (Wildman–Crippen LogP) is 1.61. The summed E-state index contributed by atoms with van der Waals surface area (Å²) in [4.78, 5) is 0. The highest BCUT2D eigenvalue weighted by Gasteiger charge is 2.25. The molecule has 6 heteroatoms. The number of aromatic nitrogens is 3. The molecule has 1 aliphatic rings. The van der Waals surface area contributed by atoms with Crippen molar-refractivity contribution < 1.29 is 9.13 Å². The van der Waals surface area contributed by atoms with Crippen LogP contribution in [0, 0.1) is 11.7 Å². The summed E-state index contributed by atoms with van der Waals surface area (Å²) >= 11 is 0. The van der Waals surface area contributed by atoms with Crippen LogP contribution in [0.5, 0.6) is 5.75 Å². The van der Waals surface area contributed by atoms with Gasteiger partial charge in [0.1, 0.15) is 17.4 Å². The van der Waals surface area contributed by atoms with Gasteiger partial charge < -0.3 is 15.0 Å². The third-order valence-electron chi connectivity index (χ3n) is 3.81. The lowest BCUT2D eigenvalue weighted by atomic mass is 9.98. The Morgan fingerprint density at radius 1 is 1.45 bits per heavy atom. The maximum Gasteiger partial charge on any atom is 0.170 e. The second-order valence-corrected chi connectivity index (χ2v) is 5.00. The maximum absolute atomic E-state index is 14.1. The topological polar surface area (TPSA) is 66.0 Å². The molecule has 0 radical (unpaired) electrons. The number of fused-ring (bicyclic) bond motifs is 1. The predicted molar refractivity (Wildman–Crippen MR) is 72.8 cm³/mol. The van der Waals surface area contributed by atoms with Crippen LogP contribution >= 0.6 is 0 Å². The number of nitrogens with zero attached hydrogens (tertiary/aromatic N) is 3. The molecule has 0 saturated heterocycles. The average molecular weight is 276 g/mol. The Balaban J connectivity index is 2.07. The Kier molecular flexibility index (Phi) is 3.40. The lowest BCUT2D eigenvalue weighted by Crippen LogP contribution is -2.25. The fourth-order valence-electron chi connectivity index (χ4n) is 2.67. The van der Waals surface area contributed by atoms with E-state index < -0.39 is 0 Å². The third-order valence-corrected chi connectivity index (χ3v) is 3.81. The van der Waals surface area contributed by atoms with E-state index in [4.69, 9.17) is 10.5 Å². The van der Waals surface area contributed by atoms with E-state index in [0.29, 0.717) is 29.6 Å². The number of ether oxygens (including phenoxy) is 1. The van der Waals surface area contributed by atoms with Gasteiger partial charge >= 0.3 is 0 Å². The van der Waals surface area contributed by atoms with E-state index in [2.05, 4.69) is 10.2 Å². The van der Waals surface area contributed by atoms with Crippen molar-refractivity contribution in [1.29, 1.82) is 0 Å². The van der Waals surface area contributed by atoms with Crippen LogP contribution in [0.1, 0.15) is 12.2 Å². The average Bonchev–Trinajstić information content (AvgIpc) is 2.89. The summed E-state index contributed by atoms with van der Waals surface area (Å²) in [5.74, 6) is 1.96. The first kappa shape index (κ1) is 13.1. The van der Waals surface area contributed by atoms with Crippen molar-refractivity contribution in [3.8, 4) is 17.1 Å². The summed E-state index contributed by atoms with van der Waals surface area (Å²) in [6.45, 7) is 1.40. The highest BCUT2D eigenvalue weighted by atomic mass is 19.1. The van der Waals surface area contributed by atoms with Gasteiger partial charge in [-0.1, -0.05) is 6.07 Å². The second-order valence-electron chi connectivity index (χ2n) is 5.00. The summed E-state index contributed by atoms with van der Waals surface area (Å²) in [6.07, 6.45) is 1.76. The van der Waals surface area contributed by atoms with Gasteiger partial charge in [0.15, 0.2) is 5.82 Å². The molecule has 0 amide bonds. The Hall–Kier alpha value is -1.95. The molecule has 1 aromatic heterocycles. The van der Waals surface area contributed by atoms with E-state index in [-0.39, 0.29) is 5.82 Å². The molecular weight excluding hydrogens is 259 g/mol. The van der Waals surface area contributed by atoms with E-state index in [1.54, 1.807) is 12.1 Å². The van der Waals surface area contributed by atoms with Crippen LogP contribution in [0.25, 0.3) is 11.4 Å². The van der Waals surface area contributed by atoms with E-state index >= 15 is 0 Å². The van der Waals surface area contributed by atoms with Gasteiger partial charge in [-0.2, -0.15) is 0 Å². The standard InChI is InChI=1S/C14H17FN4O/c1-20-11-4-2-3-10(15)13(11)14-18-17-12-7-9(8-16)5-6-19(12)14/h2-4,9H,5-8,16H2,1H3. The van der Waals surface area contributed by atoms with Crippen molar-refractivity contribution in [2.75, 3.05) is 13.7 Å². The van der Waals surface area contributed by atoms with Crippen molar-refractivity contribution in [3.63, 3.8) is 0 Å². The number of methoxy groups -OCH3 is 1. The minimum atomic E-state index is -0.347. The molecule has 5 nitrogen and oxygen atoms in total. The molecule has 0 spiro atoms. The number of halogens is 1. The van der Waals surface area contributed by atoms with Gasteiger partial charge in [-0.3, -0.25) is 0 Å². The molecule has 3 rings (SSSR count). The Morgan fingerprint density at radius 2 is 2.30 bits per heavy atom. The number of hydrogen-bond donors (Lipinski definition) is 1. The lowest BCUT2D eigenvalue weighted by Gasteiger charge is -2.22. The van der Waals surface area contributed by atoms with E-state index in [9.17, 15) is 4.39 Å². The van der Waals surface area contributed by atoms with Crippen LogP contribution in [-0.4, -0.2) is 28.4 Å². The second kappa shape index (κ2) is 5.20. The van der Waals surface area contributed by atoms with Crippen LogP contribution in [0.3, 0.4) is 0 Å². The fourth-order valence-corrected chi connectivity index (χ4v) is 2.67. The molecule has 0 aliphatic carbocycles. The van der Waals surface area contributed by atoms with Gasteiger partial charge in [0.05, 0.1) is 12.7 Å². The number of rotatable bonds is 3. The smallest absolute Gasteiger partial charge is 0.170 e. The van der Waals surface area contributed by atoms with Gasteiger partial charge in [0.2, 0.25) is 0 Å². The SMILES string of the molecule is COc1cccc(F)c1-c1nnc2n1CCC(CN)C2. The summed E-state index contributed by atoms with van der Waals surface area (Å²) in [5.41, 5.74) is 6.09. The van der Waals surface area contributed by atoms with Crippen molar-refractivity contribution in [2.45, 2.75) is 19.4 Å². The molecule has 106 valence electrons. The Labute approximate surface area is 116 Å². The molecule has 2 N–H and O–H groups in total. The quantitative estimate of drug-likeness (QED) is 0.925. The Bertz CT molecular complexity index is 626. The first-order valence-corrected chi connectivity index (χ1v) is 6.69. The van der Waals surface area contributed by atoms with Gasteiger partial charge in [-0.15, -0.1) is 10.2 Å². The fraction of sp³-hybridized carbons (Fsp3) is 0.429. The Morgan fingerprint density at radius 3 is 3.05 bits per heavy atom. The summed E-state index contributed by atoms with van der Waals surface area (Å²) in [5, 5.41) is 8.34. The molecule has 0 bridgehead atoms. The molecule has 20 heavy (non-hydrogen) atoms. The number of nitrogens with two attached hydrogens (primary N) is 1. The van der Waals surface area contributed by atoms with E-state index in [0.717, 1.165) is 25.2 Å². The van der Waals surface area contributed by atoms with Gasteiger partial charge in [0.25, 0.3) is 0 Å². The van der Waals surface area contributed by atoms with Gasteiger partial charge in [0, 0.05) is 13.0 Å². The highest BCUT2D eigenvalue weighted by Crippen LogP contribution is 2.33. The van der Waals surface area contributed by atoms with Crippen molar-refractivity contribution in [3.05, 3.63) is 29.8 Å². The van der Waals surface area contributed by atoms with Gasteiger partial charge in [-0.25, -0.2) is 4.39 Å². The molecule has 2 aromatic rings. The van der Waals surface area contributed by atoms with Crippen molar-refractivity contribution in [1.82, 2.24) is 14.8 Å². The van der Waals surface area contributed by atoms with Crippen molar-refractivity contribution >= 4 is 0 Å². The van der Waals surface area contributed by atoms with Gasteiger partial charge in [-0.05, 0) is 31.0 Å². The molecule has 1 aromatic carbocycles. The first-order valence-electron chi connectivity index (χ1n) is 6.69. The molecule has 0 saturated carbocycles. The van der Waals surface area contributed by atoms with Crippen LogP contribution in [0.15, 0.2) is 18.2 Å². The zero-order valence-corrected chi connectivity index (χ0v) is 11.3. The molecule has 1 unspecified atom stereocenters. The third kappa shape index (κ3) is 2.06. The molecule has 1 atom stereocenters. The largest absolute Gasteiger partial charge is 0.496 e. The minimum absolute atomic E-state index is 0.347. The normalized spacial score (nSPS) is 17.9. The van der Waals surface area contributed by atoms with Crippen LogP contribution in [0.4, 0.5) is 4.39 Å². The molecule has 2 heterocycles. The monoisotopic (exact) mass is 276 g/mol. The number of hydrogen-bond acceptors (Lipinski definition) is 4. The lowest BCUT2D eigenvalue weighted by molar-refractivity contribution is 0.389. The van der Waals surface area contributed by atoms with Crippen LogP contribution in [-0.2, 0) is 13.0 Å². The zero-order valence-electron chi connectivity index (χ0n) is 11.3. The van der Waals surface area contributed by atoms with Crippen molar-refractivity contribution in [2.24, 2.45) is 11.7 Å².